The van der Waals surface area contributed by atoms with Crippen LogP contribution in [0.3, 0.4) is 0 Å². The van der Waals surface area contributed by atoms with E-state index in [1.807, 2.05) is 0 Å². The number of carbonyl (C=O) groups excluding carboxylic acids is 4. The molecular weight excluding hydrogens is 374 g/mol. The molecule has 2 heterocycles. The normalized spacial score (nSPS) is 19.1. The number of rotatable bonds is 4. The number of thiazole rings is 1. The van der Waals surface area contributed by atoms with E-state index in [1.54, 1.807) is 12.3 Å². The van der Waals surface area contributed by atoms with Gasteiger partial charge in [-0.15, -0.1) is 0 Å². The molecule has 0 bridgehead atoms. The van der Waals surface area contributed by atoms with Gasteiger partial charge >= 0.3 is 10.8 Å². The average molecular weight is 395 g/mol. The summed E-state index contributed by atoms with van der Waals surface area (Å²) in [5.74, 6) is -2.31. The summed E-state index contributed by atoms with van der Waals surface area (Å²) in [4.78, 5) is 61.5. The predicted octanol–water partition coefficient (Wildman–Crippen LogP) is -0.0507. The zero-order valence-corrected chi connectivity index (χ0v) is 15.8. The molecule has 0 atom stereocenters. The second-order valence-corrected chi connectivity index (χ2v) is 7.66. The number of nitrogens with zero attached hydrogens (tertiary/aromatic N) is 2. The van der Waals surface area contributed by atoms with Gasteiger partial charge in [0, 0.05) is 11.1 Å². The number of imide groups is 1. The van der Waals surface area contributed by atoms with Crippen molar-refractivity contribution in [2.45, 2.75) is 51.1 Å². The maximum absolute atomic E-state index is 12.7. The number of carbonyl (C=O) groups is 4. The van der Waals surface area contributed by atoms with E-state index in [0.29, 0.717) is 18.5 Å². The van der Waals surface area contributed by atoms with Crippen molar-refractivity contribution in [2.75, 3.05) is 13.2 Å². The summed E-state index contributed by atoms with van der Waals surface area (Å²) in [7, 11) is 0. The van der Waals surface area contributed by atoms with Gasteiger partial charge in [-0.25, -0.2) is 0 Å². The van der Waals surface area contributed by atoms with Crippen molar-refractivity contribution >= 4 is 35.0 Å². The van der Waals surface area contributed by atoms with Gasteiger partial charge in [0.1, 0.15) is 18.6 Å². The Balaban J connectivity index is 1.66. The number of aryl methyl sites for hydroxylation is 1. The standard InChI is InChI=1S/C17H21N3O6S/c1-11-10-27-16(25)19(11)8-14(23)26-9-13(22)20-7-12(21)18-15(24)17(20)5-3-2-4-6-17/h10H,2-9H2,1H3,(H,18,21,24). The molecule has 1 aromatic heterocycles. The molecule has 27 heavy (non-hydrogen) atoms. The van der Waals surface area contributed by atoms with Crippen LogP contribution < -0.4 is 10.2 Å². The molecular formula is C17H21N3O6S. The number of aromatic nitrogens is 1. The lowest BCUT2D eigenvalue weighted by molar-refractivity contribution is -0.165. The molecule has 1 saturated carbocycles. The minimum atomic E-state index is -1.05. The van der Waals surface area contributed by atoms with Crippen LogP contribution in [0.5, 0.6) is 0 Å². The van der Waals surface area contributed by atoms with Gasteiger partial charge in [-0.05, 0) is 19.8 Å². The molecule has 1 N–H and O–H groups in total. The van der Waals surface area contributed by atoms with Crippen molar-refractivity contribution in [3.05, 3.63) is 20.7 Å². The van der Waals surface area contributed by atoms with Crippen LogP contribution >= 0.6 is 11.3 Å². The average Bonchev–Trinajstić information content (AvgIpc) is 2.95. The summed E-state index contributed by atoms with van der Waals surface area (Å²) in [5.41, 5.74) is -0.413. The van der Waals surface area contributed by atoms with Gasteiger partial charge in [-0.3, -0.25) is 33.9 Å². The summed E-state index contributed by atoms with van der Waals surface area (Å²) in [5, 5.41) is 3.95. The largest absolute Gasteiger partial charge is 0.454 e. The zero-order valence-electron chi connectivity index (χ0n) is 15.0. The molecule has 3 amide bonds. The third-order valence-electron chi connectivity index (χ3n) is 5.10. The lowest BCUT2D eigenvalue weighted by Crippen LogP contribution is -2.69. The third kappa shape index (κ3) is 3.80. The Bertz CT molecular complexity index is 836. The molecule has 1 aliphatic heterocycles. The summed E-state index contributed by atoms with van der Waals surface area (Å²) in [6, 6.07) is 0. The van der Waals surface area contributed by atoms with Gasteiger partial charge in [0.15, 0.2) is 6.61 Å². The highest BCUT2D eigenvalue weighted by Gasteiger charge is 2.50. The molecule has 2 fully saturated rings. The number of hydrogen-bond donors (Lipinski definition) is 1. The Morgan fingerprint density at radius 1 is 1.22 bits per heavy atom. The van der Waals surface area contributed by atoms with E-state index in [4.69, 9.17) is 4.74 Å². The molecule has 1 aromatic rings. The summed E-state index contributed by atoms with van der Waals surface area (Å²) in [6.45, 7) is 0.609. The molecule has 10 heteroatoms. The van der Waals surface area contributed by atoms with E-state index < -0.39 is 35.8 Å². The van der Waals surface area contributed by atoms with Gasteiger partial charge in [0.2, 0.25) is 5.91 Å². The first-order chi connectivity index (χ1) is 12.8. The molecule has 9 nitrogen and oxygen atoms in total. The molecule has 0 aromatic carbocycles. The van der Waals surface area contributed by atoms with E-state index in [-0.39, 0.29) is 18.0 Å². The first-order valence-electron chi connectivity index (χ1n) is 8.79. The minimum Gasteiger partial charge on any atom is -0.454 e. The fourth-order valence-electron chi connectivity index (χ4n) is 3.65. The van der Waals surface area contributed by atoms with Crippen molar-refractivity contribution < 1.29 is 23.9 Å². The molecule has 3 rings (SSSR count). The fourth-order valence-corrected chi connectivity index (χ4v) is 4.39. The Kier molecular flexibility index (Phi) is 5.45. The highest BCUT2D eigenvalue weighted by molar-refractivity contribution is 7.07. The summed E-state index contributed by atoms with van der Waals surface area (Å²) < 4.78 is 6.28. The van der Waals surface area contributed by atoms with Crippen LogP contribution in [0, 0.1) is 6.92 Å². The van der Waals surface area contributed by atoms with E-state index in [1.165, 1.54) is 9.47 Å². The van der Waals surface area contributed by atoms with Gasteiger partial charge < -0.3 is 9.64 Å². The Hall–Kier alpha value is -2.49. The van der Waals surface area contributed by atoms with Crippen LogP contribution in [0.1, 0.15) is 37.8 Å². The summed E-state index contributed by atoms with van der Waals surface area (Å²) >= 11 is 0.978. The van der Waals surface area contributed by atoms with Crippen LogP contribution in [-0.2, 0) is 30.5 Å². The first kappa shape index (κ1) is 19.3. The maximum atomic E-state index is 12.7. The van der Waals surface area contributed by atoms with Crippen molar-refractivity contribution in [2.24, 2.45) is 0 Å². The van der Waals surface area contributed by atoms with Crippen molar-refractivity contribution in [1.82, 2.24) is 14.8 Å². The number of esters is 1. The number of hydrogen-bond acceptors (Lipinski definition) is 7. The number of amides is 3. The lowest BCUT2D eigenvalue weighted by atomic mass is 9.78. The van der Waals surface area contributed by atoms with Crippen LogP contribution in [0.4, 0.5) is 0 Å². The zero-order chi connectivity index (χ0) is 19.6. The minimum absolute atomic E-state index is 0.231. The highest BCUT2D eigenvalue weighted by Crippen LogP contribution is 2.35. The van der Waals surface area contributed by atoms with Gasteiger partial charge in [0.05, 0.1) is 0 Å². The quantitative estimate of drug-likeness (QED) is 0.565. The SMILES string of the molecule is Cc1csc(=O)n1CC(=O)OCC(=O)N1CC(=O)NC(=O)C12CCCCC2. The fraction of sp³-hybridized carbons (Fsp3) is 0.588. The smallest absolute Gasteiger partial charge is 0.326 e. The van der Waals surface area contributed by atoms with Crippen LogP contribution in [-0.4, -0.2) is 51.8 Å². The van der Waals surface area contributed by atoms with Gasteiger partial charge in [-0.1, -0.05) is 30.6 Å². The molecule has 2 aliphatic rings. The lowest BCUT2D eigenvalue weighted by Gasteiger charge is -2.47. The number of nitrogens with one attached hydrogen (secondary N) is 1. The first-order valence-corrected chi connectivity index (χ1v) is 9.67. The van der Waals surface area contributed by atoms with E-state index in [0.717, 1.165) is 30.6 Å². The van der Waals surface area contributed by atoms with Crippen molar-refractivity contribution in [3.63, 3.8) is 0 Å². The van der Waals surface area contributed by atoms with Crippen LogP contribution in [0.25, 0.3) is 0 Å². The van der Waals surface area contributed by atoms with E-state index >= 15 is 0 Å². The Morgan fingerprint density at radius 2 is 1.93 bits per heavy atom. The van der Waals surface area contributed by atoms with Crippen LogP contribution in [0.15, 0.2) is 10.2 Å². The molecule has 1 spiro atoms. The number of ether oxygens (including phenoxy) is 1. The Labute approximate surface area is 159 Å². The van der Waals surface area contributed by atoms with E-state index in [9.17, 15) is 24.0 Å². The van der Waals surface area contributed by atoms with Crippen LogP contribution in [0.2, 0.25) is 0 Å². The summed E-state index contributed by atoms with van der Waals surface area (Å²) in [6.07, 6.45) is 3.50. The molecule has 1 saturated heterocycles. The van der Waals surface area contributed by atoms with Gasteiger partial charge in [0.25, 0.3) is 11.8 Å². The third-order valence-corrected chi connectivity index (χ3v) is 5.98. The van der Waals surface area contributed by atoms with Crippen molar-refractivity contribution in [1.29, 1.82) is 0 Å². The second-order valence-electron chi connectivity index (χ2n) is 6.84. The number of piperazine rings is 1. The second kappa shape index (κ2) is 7.63. The monoisotopic (exact) mass is 395 g/mol. The van der Waals surface area contributed by atoms with E-state index in [2.05, 4.69) is 5.32 Å². The molecule has 146 valence electrons. The maximum Gasteiger partial charge on any atom is 0.326 e. The highest BCUT2D eigenvalue weighted by atomic mass is 32.1. The molecule has 1 aliphatic carbocycles. The molecule has 0 unspecified atom stereocenters. The predicted molar refractivity (Wildman–Crippen MR) is 95.0 cm³/mol. The van der Waals surface area contributed by atoms with Crippen molar-refractivity contribution in [3.8, 4) is 0 Å². The topological polar surface area (TPSA) is 115 Å². The van der Waals surface area contributed by atoms with Gasteiger partial charge in [-0.2, -0.15) is 0 Å². The Morgan fingerprint density at radius 3 is 2.56 bits per heavy atom. The molecule has 0 radical (unpaired) electrons.